The molecule has 1 N–H and O–H groups in total. The lowest BCUT2D eigenvalue weighted by molar-refractivity contribution is -0.136. The molecule has 100 valence electrons. The molecule has 0 spiro atoms. The number of ether oxygens (including phenoxy) is 1. The van der Waals surface area contributed by atoms with E-state index in [-0.39, 0.29) is 12.2 Å². The number of carboxylic acid groups (broad SMARTS) is 1. The smallest absolute Gasteiger partial charge is 0.308 e. The van der Waals surface area contributed by atoms with Crippen LogP contribution in [0.5, 0.6) is 5.88 Å². The van der Waals surface area contributed by atoms with Crippen LogP contribution >= 0.6 is 0 Å². The lowest BCUT2D eigenvalue weighted by atomic mass is 10.2. The molecular weight excluding hydrogens is 251 g/mol. The van der Waals surface area contributed by atoms with Crippen LogP contribution in [0.4, 0.5) is 4.39 Å². The zero-order chi connectivity index (χ0) is 13.8. The van der Waals surface area contributed by atoms with Crippen molar-refractivity contribution in [3.05, 3.63) is 47.4 Å². The van der Waals surface area contributed by atoms with Crippen LogP contribution in [0.1, 0.15) is 11.1 Å². The van der Waals surface area contributed by atoms with Crippen molar-refractivity contribution >= 4 is 5.97 Å². The van der Waals surface area contributed by atoms with Crippen molar-refractivity contribution in [1.29, 1.82) is 0 Å². The van der Waals surface area contributed by atoms with Gasteiger partial charge in [0.2, 0.25) is 5.88 Å². The Bertz CT molecular complexity index is 595. The van der Waals surface area contributed by atoms with Gasteiger partial charge in [-0.15, -0.1) is 0 Å². The van der Waals surface area contributed by atoms with Crippen LogP contribution in [-0.4, -0.2) is 28.0 Å². The fourth-order valence-electron chi connectivity index (χ4n) is 1.85. The van der Waals surface area contributed by atoms with Gasteiger partial charge in [0.1, 0.15) is 5.82 Å². The second-order valence-electron chi connectivity index (χ2n) is 4.04. The van der Waals surface area contributed by atoms with Gasteiger partial charge in [0.05, 0.1) is 26.3 Å². The van der Waals surface area contributed by atoms with E-state index in [0.717, 1.165) is 5.56 Å². The highest BCUT2D eigenvalue weighted by Gasteiger charge is 2.14. The predicted octanol–water partition coefficient (Wildman–Crippen LogP) is 1.71. The fourth-order valence-corrected chi connectivity index (χ4v) is 1.85. The summed E-state index contributed by atoms with van der Waals surface area (Å²) in [5.74, 6) is -0.898. The monoisotopic (exact) mass is 264 g/mol. The third-order valence-corrected chi connectivity index (χ3v) is 2.62. The minimum Gasteiger partial charge on any atom is -0.481 e. The number of methoxy groups -OCH3 is 1. The standard InChI is InChI=1S/C13H13FN2O3/c1-19-13-10(6-12(17)18)7-15-16(13)8-9-3-2-4-11(14)5-9/h2-5,7H,6,8H2,1H3,(H,17,18). The van der Waals surface area contributed by atoms with Crippen molar-refractivity contribution < 1.29 is 19.0 Å². The minimum absolute atomic E-state index is 0.160. The molecule has 1 heterocycles. The molecule has 0 saturated carbocycles. The van der Waals surface area contributed by atoms with Crippen LogP contribution in [0, 0.1) is 5.82 Å². The third-order valence-electron chi connectivity index (χ3n) is 2.62. The fraction of sp³-hybridized carbons (Fsp3) is 0.231. The highest BCUT2D eigenvalue weighted by atomic mass is 19.1. The van der Waals surface area contributed by atoms with Crippen LogP contribution in [0.15, 0.2) is 30.5 Å². The summed E-state index contributed by atoms with van der Waals surface area (Å²) in [5.41, 5.74) is 1.22. The number of hydrogen-bond acceptors (Lipinski definition) is 3. The Morgan fingerprint density at radius 3 is 2.95 bits per heavy atom. The molecule has 0 aliphatic heterocycles. The lowest BCUT2D eigenvalue weighted by Gasteiger charge is -2.07. The summed E-state index contributed by atoms with van der Waals surface area (Å²) in [6, 6.07) is 6.14. The van der Waals surface area contributed by atoms with E-state index < -0.39 is 5.97 Å². The first-order valence-corrected chi connectivity index (χ1v) is 5.65. The summed E-state index contributed by atoms with van der Waals surface area (Å²) >= 11 is 0. The molecule has 2 rings (SSSR count). The molecule has 0 aliphatic carbocycles. The number of benzene rings is 1. The molecular formula is C13H13FN2O3. The van der Waals surface area contributed by atoms with Gasteiger partial charge in [-0.3, -0.25) is 4.79 Å². The van der Waals surface area contributed by atoms with Crippen LogP contribution in [0.2, 0.25) is 0 Å². The quantitative estimate of drug-likeness (QED) is 0.892. The molecule has 0 amide bonds. The molecule has 0 fully saturated rings. The van der Waals surface area contributed by atoms with Gasteiger partial charge in [-0.05, 0) is 17.7 Å². The molecule has 0 aliphatic rings. The number of halogens is 1. The molecule has 0 atom stereocenters. The van der Waals surface area contributed by atoms with E-state index in [1.807, 2.05) is 0 Å². The van der Waals surface area contributed by atoms with Gasteiger partial charge in [-0.25, -0.2) is 9.07 Å². The van der Waals surface area contributed by atoms with Crippen LogP contribution < -0.4 is 4.74 Å². The first-order chi connectivity index (χ1) is 9.10. The first-order valence-electron chi connectivity index (χ1n) is 5.65. The van der Waals surface area contributed by atoms with Crippen LogP contribution in [0.25, 0.3) is 0 Å². The Kier molecular flexibility index (Phi) is 3.79. The number of carbonyl (C=O) groups is 1. The van der Waals surface area contributed by atoms with Crippen LogP contribution in [0.3, 0.4) is 0 Å². The molecule has 5 nitrogen and oxygen atoms in total. The Balaban J connectivity index is 2.25. The number of nitrogens with zero attached hydrogens (tertiary/aromatic N) is 2. The summed E-state index contributed by atoms with van der Waals surface area (Å²) < 4.78 is 19.8. The number of aromatic nitrogens is 2. The molecule has 0 saturated heterocycles. The molecule has 19 heavy (non-hydrogen) atoms. The molecule has 0 unspecified atom stereocenters. The Morgan fingerprint density at radius 2 is 2.32 bits per heavy atom. The Labute approximate surface area is 109 Å². The predicted molar refractivity (Wildman–Crippen MR) is 65.6 cm³/mol. The highest BCUT2D eigenvalue weighted by Crippen LogP contribution is 2.20. The number of rotatable bonds is 5. The van der Waals surface area contributed by atoms with Gasteiger partial charge in [0.25, 0.3) is 0 Å². The van der Waals surface area contributed by atoms with E-state index in [9.17, 15) is 9.18 Å². The van der Waals surface area contributed by atoms with Gasteiger partial charge >= 0.3 is 5.97 Å². The van der Waals surface area contributed by atoms with Gasteiger partial charge in [-0.1, -0.05) is 12.1 Å². The second kappa shape index (κ2) is 5.51. The maximum absolute atomic E-state index is 13.1. The van der Waals surface area contributed by atoms with Crippen molar-refractivity contribution in [1.82, 2.24) is 9.78 Å². The summed E-state index contributed by atoms with van der Waals surface area (Å²) in [6.07, 6.45) is 1.29. The van der Waals surface area contributed by atoms with Crippen molar-refractivity contribution in [2.24, 2.45) is 0 Å². The zero-order valence-electron chi connectivity index (χ0n) is 10.3. The Hall–Kier alpha value is -2.37. The molecule has 0 radical (unpaired) electrons. The van der Waals surface area contributed by atoms with Crippen LogP contribution in [-0.2, 0) is 17.8 Å². The second-order valence-corrected chi connectivity index (χ2v) is 4.04. The summed E-state index contributed by atoms with van der Waals surface area (Å²) in [6.45, 7) is 0.320. The van der Waals surface area contributed by atoms with Crippen molar-refractivity contribution in [2.45, 2.75) is 13.0 Å². The van der Waals surface area contributed by atoms with Crippen molar-refractivity contribution in [2.75, 3.05) is 7.11 Å². The SMILES string of the molecule is COc1c(CC(=O)O)cnn1Cc1cccc(F)c1. The third kappa shape index (κ3) is 3.09. The number of aliphatic carboxylic acids is 1. The summed E-state index contributed by atoms with van der Waals surface area (Å²) in [5, 5.41) is 12.9. The minimum atomic E-state index is -0.955. The number of carboxylic acids is 1. The highest BCUT2D eigenvalue weighted by molar-refractivity contribution is 5.70. The van der Waals surface area contributed by atoms with E-state index in [2.05, 4.69) is 5.10 Å². The molecule has 1 aromatic carbocycles. The van der Waals surface area contributed by atoms with Gasteiger partial charge in [0, 0.05) is 5.56 Å². The molecule has 2 aromatic rings. The maximum atomic E-state index is 13.1. The van der Waals surface area contributed by atoms with Crippen molar-refractivity contribution in [3.8, 4) is 5.88 Å². The van der Waals surface area contributed by atoms with Gasteiger partial charge < -0.3 is 9.84 Å². The number of hydrogen-bond donors (Lipinski definition) is 1. The summed E-state index contributed by atoms with van der Waals surface area (Å²) in [4.78, 5) is 10.7. The topological polar surface area (TPSA) is 64.3 Å². The molecule has 0 bridgehead atoms. The van der Waals surface area contributed by atoms with E-state index >= 15 is 0 Å². The maximum Gasteiger partial charge on any atom is 0.308 e. The average molecular weight is 264 g/mol. The van der Waals surface area contributed by atoms with Gasteiger partial charge in [0.15, 0.2) is 0 Å². The normalized spacial score (nSPS) is 10.4. The van der Waals surface area contributed by atoms with Crippen molar-refractivity contribution in [3.63, 3.8) is 0 Å². The van der Waals surface area contributed by atoms with E-state index in [1.54, 1.807) is 12.1 Å². The average Bonchev–Trinajstić information content (AvgIpc) is 2.70. The zero-order valence-corrected chi connectivity index (χ0v) is 10.3. The van der Waals surface area contributed by atoms with Gasteiger partial charge in [-0.2, -0.15) is 5.10 Å². The summed E-state index contributed by atoms with van der Waals surface area (Å²) in [7, 11) is 1.45. The van der Waals surface area contributed by atoms with E-state index in [4.69, 9.17) is 9.84 Å². The van der Waals surface area contributed by atoms with E-state index in [0.29, 0.717) is 18.0 Å². The first kappa shape index (κ1) is 13.1. The largest absolute Gasteiger partial charge is 0.481 e. The lowest BCUT2D eigenvalue weighted by Crippen LogP contribution is -2.06. The molecule has 6 heteroatoms. The van der Waals surface area contributed by atoms with E-state index in [1.165, 1.54) is 30.1 Å². The Morgan fingerprint density at radius 1 is 1.53 bits per heavy atom. The molecule has 1 aromatic heterocycles.